The van der Waals surface area contributed by atoms with E-state index in [1.165, 1.54) is 4.90 Å². The third-order valence-electron chi connectivity index (χ3n) is 3.24. The zero-order chi connectivity index (χ0) is 17.0. The normalized spacial score (nSPS) is 11.3. The molecule has 0 saturated carbocycles. The maximum absolute atomic E-state index is 13.9. The molecule has 0 fully saturated rings. The first-order valence-corrected chi connectivity index (χ1v) is 7.27. The highest BCUT2D eigenvalue weighted by Gasteiger charge is 2.25. The van der Waals surface area contributed by atoms with Crippen molar-refractivity contribution in [3.63, 3.8) is 0 Å². The number of benzene rings is 2. The van der Waals surface area contributed by atoms with Gasteiger partial charge in [-0.3, -0.25) is 4.79 Å². The van der Waals surface area contributed by atoms with Crippen molar-refractivity contribution in [2.75, 3.05) is 6.54 Å². The molecule has 0 aliphatic carbocycles. The quantitative estimate of drug-likeness (QED) is 0.918. The average Bonchev–Trinajstić information content (AvgIpc) is 2.48. The second-order valence-corrected chi connectivity index (χ2v) is 6.08. The van der Waals surface area contributed by atoms with Crippen molar-refractivity contribution in [1.29, 1.82) is 0 Å². The molecule has 2 rings (SSSR count). The van der Waals surface area contributed by atoms with Crippen LogP contribution in [0.25, 0.3) is 0 Å². The molecule has 0 spiro atoms. The van der Waals surface area contributed by atoms with Crippen molar-refractivity contribution in [3.8, 4) is 0 Å². The van der Waals surface area contributed by atoms with Gasteiger partial charge in [0.2, 0.25) is 0 Å². The van der Waals surface area contributed by atoms with E-state index in [-0.39, 0.29) is 18.7 Å². The number of aliphatic hydroxyl groups is 1. The Morgan fingerprint density at radius 1 is 1.13 bits per heavy atom. The van der Waals surface area contributed by atoms with Gasteiger partial charge in [-0.25, -0.2) is 8.78 Å². The van der Waals surface area contributed by atoms with Gasteiger partial charge in [-0.05, 0) is 37.6 Å². The van der Waals surface area contributed by atoms with Crippen LogP contribution in [0.15, 0.2) is 48.5 Å². The molecule has 0 aliphatic rings. The summed E-state index contributed by atoms with van der Waals surface area (Å²) >= 11 is 0. The second kappa shape index (κ2) is 6.87. The average molecular weight is 319 g/mol. The maximum Gasteiger partial charge on any atom is 0.257 e. The van der Waals surface area contributed by atoms with Crippen LogP contribution in [-0.4, -0.2) is 28.1 Å². The zero-order valence-electron chi connectivity index (χ0n) is 13.1. The molecule has 122 valence electrons. The smallest absolute Gasteiger partial charge is 0.257 e. The number of hydrogen-bond donors (Lipinski definition) is 1. The van der Waals surface area contributed by atoms with Crippen LogP contribution in [0.4, 0.5) is 8.78 Å². The highest BCUT2D eigenvalue weighted by molar-refractivity contribution is 5.94. The van der Waals surface area contributed by atoms with E-state index in [2.05, 4.69) is 0 Å². The molecule has 2 aromatic carbocycles. The monoisotopic (exact) mass is 319 g/mol. The van der Waals surface area contributed by atoms with Crippen LogP contribution in [-0.2, 0) is 6.54 Å². The number of rotatable bonds is 5. The minimum Gasteiger partial charge on any atom is -0.389 e. The minimum atomic E-state index is -1.16. The summed E-state index contributed by atoms with van der Waals surface area (Å²) in [6.07, 6.45) is 0. The van der Waals surface area contributed by atoms with Crippen molar-refractivity contribution in [3.05, 3.63) is 71.3 Å². The van der Waals surface area contributed by atoms with E-state index in [4.69, 9.17) is 0 Å². The second-order valence-electron chi connectivity index (χ2n) is 6.08. The summed E-state index contributed by atoms with van der Waals surface area (Å²) in [4.78, 5) is 13.9. The lowest BCUT2D eigenvalue weighted by atomic mass is 10.1. The lowest BCUT2D eigenvalue weighted by Gasteiger charge is -2.29. The van der Waals surface area contributed by atoms with Gasteiger partial charge in [0.05, 0.1) is 11.2 Å². The Hall–Kier alpha value is -2.27. The van der Waals surface area contributed by atoms with Crippen LogP contribution in [0.5, 0.6) is 0 Å². The van der Waals surface area contributed by atoms with Crippen LogP contribution < -0.4 is 0 Å². The summed E-state index contributed by atoms with van der Waals surface area (Å²) in [5.41, 5.74) is -0.666. The van der Waals surface area contributed by atoms with E-state index >= 15 is 0 Å². The van der Waals surface area contributed by atoms with Gasteiger partial charge >= 0.3 is 0 Å². The summed E-state index contributed by atoms with van der Waals surface area (Å²) < 4.78 is 27.2. The Morgan fingerprint density at radius 3 is 2.39 bits per heavy atom. The summed E-state index contributed by atoms with van der Waals surface area (Å²) in [5, 5.41) is 10.0. The molecule has 0 saturated heterocycles. The highest BCUT2D eigenvalue weighted by atomic mass is 19.1. The fourth-order valence-electron chi connectivity index (χ4n) is 2.30. The number of nitrogens with zero attached hydrogens (tertiary/aromatic N) is 1. The summed E-state index contributed by atoms with van der Waals surface area (Å²) in [7, 11) is 0. The molecule has 0 unspecified atom stereocenters. The first kappa shape index (κ1) is 17.1. The molecule has 1 amide bonds. The van der Waals surface area contributed by atoms with Crippen molar-refractivity contribution >= 4 is 5.91 Å². The number of halogens is 2. The molecule has 0 aromatic heterocycles. The van der Waals surface area contributed by atoms with E-state index in [0.717, 1.165) is 23.8 Å². The molecule has 5 heteroatoms. The number of amides is 1. The third-order valence-corrected chi connectivity index (χ3v) is 3.24. The Bertz CT molecular complexity index is 681. The maximum atomic E-state index is 13.9. The lowest BCUT2D eigenvalue weighted by molar-refractivity contribution is 0.0277. The Labute approximate surface area is 134 Å². The first-order valence-electron chi connectivity index (χ1n) is 7.27. The van der Waals surface area contributed by atoms with Crippen molar-refractivity contribution < 1.29 is 18.7 Å². The van der Waals surface area contributed by atoms with Gasteiger partial charge in [0.15, 0.2) is 0 Å². The molecule has 1 N–H and O–H groups in total. The highest BCUT2D eigenvalue weighted by Crippen LogP contribution is 2.17. The summed E-state index contributed by atoms with van der Waals surface area (Å²) in [6.45, 7) is 3.30. The number of hydrogen-bond acceptors (Lipinski definition) is 2. The lowest BCUT2D eigenvalue weighted by Crippen LogP contribution is -2.42. The van der Waals surface area contributed by atoms with Crippen molar-refractivity contribution in [2.24, 2.45) is 0 Å². The summed E-state index contributed by atoms with van der Waals surface area (Å²) in [6, 6.07) is 11.9. The molecule has 0 aliphatic heterocycles. The zero-order valence-corrected chi connectivity index (χ0v) is 13.1. The van der Waals surface area contributed by atoms with Gasteiger partial charge < -0.3 is 10.0 Å². The molecule has 3 nitrogen and oxygen atoms in total. The molecular formula is C18H19F2NO2. The Morgan fingerprint density at radius 2 is 1.78 bits per heavy atom. The SMILES string of the molecule is CC(C)(O)CN(Cc1ccccc1)C(=O)c1cc(F)ccc1F. The Kier molecular flexibility index (Phi) is 5.11. The molecule has 0 heterocycles. The van der Waals surface area contributed by atoms with Gasteiger partial charge in [-0.2, -0.15) is 0 Å². The van der Waals surface area contributed by atoms with E-state index in [0.29, 0.717) is 0 Å². The standard InChI is InChI=1S/C18H19F2NO2/c1-18(2,23)12-21(11-13-6-4-3-5-7-13)17(22)15-10-14(19)8-9-16(15)20/h3-10,23H,11-12H2,1-2H3. The largest absolute Gasteiger partial charge is 0.389 e. The third kappa shape index (κ3) is 4.86. The number of carbonyl (C=O) groups is 1. The van der Waals surface area contributed by atoms with Crippen LogP contribution in [0, 0.1) is 11.6 Å². The van der Waals surface area contributed by atoms with Crippen LogP contribution in [0.3, 0.4) is 0 Å². The van der Waals surface area contributed by atoms with E-state index in [1.807, 2.05) is 30.3 Å². The molecule has 0 atom stereocenters. The van der Waals surface area contributed by atoms with Crippen LogP contribution in [0.2, 0.25) is 0 Å². The molecule has 0 bridgehead atoms. The first-order chi connectivity index (χ1) is 10.8. The predicted molar refractivity (Wildman–Crippen MR) is 83.8 cm³/mol. The van der Waals surface area contributed by atoms with Crippen LogP contribution in [0.1, 0.15) is 29.8 Å². The minimum absolute atomic E-state index is 0.00329. The van der Waals surface area contributed by atoms with Crippen molar-refractivity contribution in [1.82, 2.24) is 4.90 Å². The van der Waals surface area contributed by atoms with E-state index in [1.54, 1.807) is 13.8 Å². The van der Waals surface area contributed by atoms with Gasteiger partial charge in [0.1, 0.15) is 11.6 Å². The fourth-order valence-corrected chi connectivity index (χ4v) is 2.30. The predicted octanol–water partition coefficient (Wildman–Crippen LogP) is 3.38. The van der Waals surface area contributed by atoms with Crippen LogP contribution >= 0.6 is 0 Å². The fraction of sp³-hybridized carbons (Fsp3) is 0.278. The summed E-state index contributed by atoms with van der Waals surface area (Å²) in [5.74, 6) is -2.13. The van der Waals surface area contributed by atoms with Gasteiger partial charge in [-0.15, -0.1) is 0 Å². The van der Waals surface area contributed by atoms with Gasteiger partial charge in [0, 0.05) is 13.1 Å². The molecule has 23 heavy (non-hydrogen) atoms. The Balaban J connectivity index is 2.32. The molecule has 2 aromatic rings. The molecule has 0 radical (unpaired) electrons. The topological polar surface area (TPSA) is 40.5 Å². The van der Waals surface area contributed by atoms with Gasteiger partial charge in [0.25, 0.3) is 5.91 Å². The van der Waals surface area contributed by atoms with E-state index in [9.17, 15) is 18.7 Å². The molecular weight excluding hydrogens is 300 g/mol. The van der Waals surface area contributed by atoms with Gasteiger partial charge in [-0.1, -0.05) is 30.3 Å². The van der Waals surface area contributed by atoms with E-state index < -0.39 is 23.1 Å². The number of carbonyl (C=O) groups excluding carboxylic acids is 1. The van der Waals surface area contributed by atoms with Crippen molar-refractivity contribution in [2.45, 2.75) is 26.0 Å².